The summed E-state index contributed by atoms with van der Waals surface area (Å²) in [6, 6.07) is 7.54. The van der Waals surface area contributed by atoms with Gasteiger partial charge in [-0.25, -0.2) is 0 Å². The quantitative estimate of drug-likeness (QED) is 0.695. The third kappa shape index (κ3) is 6.11. The predicted molar refractivity (Wildman–Crippen MR) is 81.6 cm³/mol. The van der Waals surface area contributed by atoms with E-state index >= 15 is 0 Å². The van der Waals surface area contributed by atoms with Gasteiger partial charge in [0.1, 0.15) is 0 Å². The highest BCUT2D eigenvalue weighted by molar-refractivity contribution is 6.30. The van der Waals surface area contributed by atoms with Crippen molar-refractivity contribution in [2.75, 3.05) is 13.1 Å². The van der Waals surface area contributed by atoms with Crippen molar-refractivity contribution in [3.63, 3.8) is 0 Å². The fourth-order valence-electron chi connectivity index (χ4n) is 1.95. The molecule has 1 aromatic carbocycles. The van der Waals surface area contributed by atoms with Crippen molar-refractivity contribution in [2.45, 2.75) is 46.0 Å². The highest BCUT2D eigenvalue weighted by Gasteiger charge is 2.12. The summed E-state index contributed by atoms with van der Waals surface area (Å²) < 4.78 is 0. The van der Waals surface area contributed by atoms with Gasteiger partial charge in [0.15, 0.2) is 0 Å². The lowest BCUT2D eigenvalue weighted by molar-refractivity contribution is -0.130. The number of unbranched alkanes of at least 4 members (excludes halogenated alkanes) is 2. The van der Waals surface area contributed by atoms with Gasteiger partial charge in [0.25, 0.3) is 0 Å². The Morgan fingerprint density at radius 2 is 1.58 bits per heavy atom. The van der Waals surface area contributed by atoms with E-state index in [-0.39, 0.29) is 5.91 Å². The van der Waals surface area contributed by atoms with Crippen LogP contribution >= 0.6 is 11.6 Å². The van der Waals surface area contributed by atoms with E-state index in [0.717, 1.165) is 44.3 Å². The number of halogens is 1. The van der Waals surface area contributed by atoms with Crippen LogP contribution in [0.4, 0.5) is 0 Å². The van der Waals surface area contributed by atoms with Crippen molar-refractivity contribution in [2.24, 2.45) is 0 Å². The fraction of sp³-hybridized carbons (Fsp3) is 0.562. The smallest absolute Gasteiger partial charge is 0.226 e. The molecule has 19 heavy (non-hydrogen) atoms. The summed E-state index contributed by atoms with van der Waals surface area (Å²) in [6.07, 6.45) is 4.88. The lowest BCUT2D eigenvalue weighted by Gasteiger charge is -2.22. The van der Waals surface area contributed by atoms with E-state index in [1.165, 1.54) is 0 Å². The Labute approximate surface area is 121 Å². The van der Waals surface area contributed by atoms with Crippen molar-refractivity contribution in [3.05, 3.63) is 34.9 Å². The average molecular weight is 282 g/mol. The summed E-state index contributed by atoms with van der Waals surface area (Å²) in [5, 5.41) is 0.713. The minimum Gasteiger partial charge on any atom is -0.342 e. The van der Waals surface area contributed by atoms with Gasteiger partial charge in [-0.3, -0.25) is 4.79 Å². The standard InChI is InChI=1S/C16H24ClNO/c1-3-5-11-18(12-6-4-2)16(19)13-14-7-9-15(17)10-8-14/h7-10H,3-6,11-13H2,1-2H3. The molecular weight excluding hydrogens is 258 g/mol. The van der Waals surface area contributed by atoms with Gasteiger partial charge in [-0.2, -0.15) is 0 Å². The number of carbonyl (C=O) groups excluding carboxylic acids is 1. The summed E-state index contributed by atoms with van der Waals surface area (Å²) in [5.74, 6) is 0.226. The molecule has 2 nitrogen and oxygen atoms in total. The van der Waals surface area contributed by atoms with Crippen LogP contribution in [-0.4, -0.2) is 23.9 Å². The molecule has 0 bridgehead atoms. The first-order valence-corrected chi connectivity index (χ1v) is 7.57. The molecule has 0 unspecified atom stereocenters. The molecule has 3 heteroatoms. The minimum absolute atomic E-state index is 0.226. The summed E-state index contributed by atoms with van der Waals surface area (Å²) in [6.45, 7) is 6.06. The monoisotopic (exact) mass is 281 g/mol. The van der Waals surface area contributed by atoms with Crippen molar-refractivity contribution in [3.8, 4) is 0 Å². The first kappa shape index (κ1) is 16.0. The first-order valence-electron chi connectivity index (χ1n) is 7.19. The van der Waals surface area contributed by atoms with Crippen LogP contribution in [0.2, 0.25) is 5.02 Å². The molecule has 1 amide bonds. The van der Waals surface area contributed by atoms with Gasteiger partial charge in [0, 0.05) is 18.1 Å². The SMILES string of the molecule is CCCCN(CCCC)C(=O)Cc1ccc(Cl)cc1. The Morgan fingerprint density at radius 1 is 1.05 bits per heavy atom. The van der Waals surface area contributed by atoms with E-state index < -0.39 is 0 Å². The van der Waals surface area contributed by atoms with Gasteiger partial charge < -0.3 is 4.90 Å². The van der Waals surface area contributed by atoms with Gasteiger partial charge in [-0.05, 0) is 30.5 Å². The molecule has 0 atom stereocenters. The van der Waals surface area contributed by atoms with Crippen LogP contribution in [0.3, 0.4) is 0 Å². The molecular formula is C16H24ClNO. The second-order valence-electron chi connectivity index (χ2n) is 4.89. The van der Waals surface area contributed by atoms with E-state index in [1.54, 1.807) is 0 Å². The molecule has 0 aliphatic heterocycles. The lowest BCUT2D eigenvalue weighted by atomic mass is 10.1. The number of hydrogen-bond donors (Lipinski definition) is 0. The van der Waals surface area contributed by atoms with E-state index in [2.05, 4.69) is 13.8 Å². The maximum atomic E-state index is 12.3. The Balaban J connectivity index is 2.56. The summed E-state index contributed by atoms with van der Waals surface area (Å²) in [4.78, 5) is 14.3. The topological polar surface area (TPSA) is 20.3 Å². The molecule has 106 valence electrons. The second kappa shape index (κ2) is 8.98. The Bertz CT molecular complexity index is 367. The van der Waals surface area contributed by atoms with Gasteiger partial charge in [0.05, 0.1) is 6.42 Å². The minimum atomic E-state index is 0.226. The Morgan fingerprint density at radius 3 is 2.05 bits per heavy atom. The van der Waals surface area contributed by atoms with Crippen LogP contribution < -0.4 is 0 Å². The number of rotatable bonds is 8. The Kier molecular flexibility index (Phi) is 7.57. The van der Waals surface area contributed by atoms with Crippen LogP contribution in [0.15, 0.2) is 24.3 Å². The van der Waals surface area contributed by atoms with E-state index in [9.17, 15) is 4.79 Å². The number of nitrogens with zero attached hydrogens (tertiary/aromatic N) is 1. The van der Waals surface area contributed by atoms with Gasteiger partial charge in [-0.15, -0.1) is 0 Å². The molecule has 1 rings (SSSR count). The van der Waals surface area contributed by atoms with Crippen molar-refractivity contribution in [1.29, 1.82) is 0 Å². The highest BCUT2D eigenvalue weighted by atomic mass is 35.5. The molecule has 0 aliphatic rings. The molecule has 0 spiro atoms. The van der Waals surface area contributed by atoms with E-state index in [0.29, 0.717) is 11.4 Å². The summed E-state index contributed by atoms with van der Waals surface area (Å²) >= 11 is 5.85. The molecule has 0 radical (unpaired) electrons. The van der Waals surface area contributed by atoms with Crippen LogP contribution in [0.5, 0.6) is 0 Å². The maximum Gasteiger partial charge on any atom is 0.226 e. The largest absolute Gasteiger partial charge is 0.342 e. The van der Waals surface area contributed by atoms with Gasteiger partial charge in [0.2, 0.25) is 5.91 Å². The second-order valence-corrected chi connectivity index (χ2v) is 5.33. The molecule has 0 aliphatic carbocycles. The fourth-order valence-corrected chi connectivity index (χ4v) is 2.07. The molecule has 0 saturated carbocycles. The molecule has 1 aromatic rings. The van der Waals surface area contributed by atoms with Gasteiger partial charge in [-0.1, -0.05) is 50.4 Å². The normalized spacial score (nSPS) is 10.5. The molecule has 0 heterocycles. The molecule has 0 N–H and O–H groups in total. The Hall–Kier alpha value is -1.02. The highest BCUT2D eigenvalue weighted by Crippen LogP contribution is 2.11. The number of hydrogen-bond acceptors (Lipinski definition) is 1. The molecule has 0 fully saturated rings. The maximum absolute atomic E-state index is 12.3. The van der Waals surface area contributed by atoms with Crippen LogP contribution in [0, 0.1) is 0 Å². The number of benzene rings is 1. The van der Waals surface area contributed by atoms with Crippen molar-refractivity contribution >= 4 is 17.5 Å². The van der Waals surface area contributed by atoms with Crippen molar-refractivity contribution in [1.82, 2.24) is 4.90 Å². The van der Waals surface area contributed by atoms with Gasteiger partial charge >= 0.3 is 0 Å². The van der Waals surface area contributed by atoms with Crippen LogP contribution in [0.1, 0.15) is 45.1 Å². The first-order chi connectivity index (χ1) is 9.17. The lowest BCUT2D eigenvalue weighted by Crippen LogP contribution is -2.34. The third-order valence-corrected chi connectivity index (χ3v) is 3.44. The third-order valence-electron chi connectivity index (χ3n) is 3.18. The molecule has 0 aromatic heterocycles. The van der Waals surface area contributed by atoms with Crippen LogP contribution in [0.25, 0.3) is 0 Å². The number of amides is 1. The zero-order valence-electron chi connectivity index (χ0n) is 12.0. The van der Waals surface area contributed by atoms with Crippen LogP contribution in [-0.2, 0) is 11.2 Å². The van der Waals surface area contributed by atoms with E-state index in [4.69, 9.17) is 11.6 Å². The average Bonchev–Trinajstić information content (AvgIpc) is 2.41. The van der Waals surface area contributed by atoms with Crippen molar-refractivity contribution < 1.29 is 4.79 Å². The predicted octanol–water partition coefficient (Wildman–Crippen LogP) is 4.31. The number of carbonyl (C=O) groups is 1. The zero-order chi connectivity index (χ0) is 14.1. The molecule has 0 saturated heterocycles. The summed E-state index contributed by atoms with van der Waals surface area (Å²) in [5.41, 5.74) is 1.03. The zero-order valence-corrected chi connectivity index (χ0v) is 12.7. The summed E-state index contributed by atoms with van der Waals surface area (Å²) in [7, 11) is 0. The van der Waals surface area contributed by atoms with E-state index in [1.807, 2.05) is 29.2 Å².